The molecule has 2 aromatic carbocycles. The maximum Gasteiger partial charge on any atom is 0.573 e. The fraction of sp³-hybridized carbons (Fsp3) is 0.200. The molecule has 2 rings (SSSR count). The Hall–Kier alpha value is -2.29. The maximum atomic E-state index is 13.0. The fourth-order valence-electron chi connectivity index (χ4n) is 2.06. The molecule has 0 spiro atoms. The number of nitrogens with zero attached hydrogens (tertiary/aromatic N) is 1. The van der Waals surface area contributed by atoms with Gasteiger partial charge in [0.15, 0.2) is 0 Å². The highest BCUT2D eigenvalue weighted by atomic mass is 32.2. The molecule has 0 radical (unpaired) electrons. The van der Waals surface area contributed by atoms with Crippen LogP contribution in [-0.4, -0.2) is 21.3 Å². The van der Waals surface area contributed by atoms with E-state index in [-0.39, 0.29) is 17.1 Å². The van der Waals surface area contributed by atoms with Gasteiger partial charge in [-0.2, -0.15) is 0 Å². The zero-order chi connectivity index (χ0) is 18.0. The second-order valence-corrected chi connectivity index (χ2v) is 6.53. The summed E-state index contributed by atoms with van der Waals surface area (Å²) in [6, 6.07) is 8.82. The average molecular weight is 363 g/mol. The van der Waals surface area contributed by atoms with Crippen LogP contribution in [0.5, 0.6) is 5.75 Å². The van der Waals surface area contributed by atoms with Gasteiger partial charge in [0.25, 0.3) is 10.0 Å². The standard InChI is InChI=1S/C15H13F4NO3S/c1-2-20(12-8-6-11(16)7-9-12)24(21,22)14-5-3-4-13(10-14)23-15(17,18)19/h3-10H,2H2,1H3. The largest absolute Gasteiger partial charge is 0.573 e. The summed E-state index contributed by atoms with van der Waals surface area (Å²) >= 11 is 0. The highest BCUT2D eigenvalue weighted by Gasteiger charge is 2.32. The number of sulfonamides is 1. The third-order valence-corrected chi connectivity index (χ3v) is 4.93. The van der Waals surface area contributed by atoms with Crippen LogP contribution < -0.4 is 9.04 Å². The van der Waals surface area contributed by atoms with Gasteiger partial charge in [0.05, 0.1) is 10.6 Å². The quantitative estimate of drug-likeness (QED) is 0.756. The van der Waals surface area contributed by atoms with Crippen LogP contribution >= 0.6 is 0 Å². The number of rotatable bonds is 5. The van der Waals surface area contributed by atoms with Gasteiger partial charge in [-0.1, -0.05) is 6.07 Å². The van der Waals surface area contributed by atoms with Crippen LogP contribution in [0.25, 0.3) is 0 Å². The summed E-state index contributed by atoms with van der Waals surface area (Å²) in [6.45, 7) is 1.56. The van der Waals surface area contributed by atoms with E-state index in [1.165, 1.54) is 12.1 Å². The van der Waals surface area contributed by atoms with E-state index < -0.39 is 28.0 Å². The molecule has 0 saturated heterocycles. The minimum atomic E-state index is -4.93. The molecule has 0 fully saturated rings. The molecule has 0 heterocycles. The lowest BCUT2D eigenvalue weighted by atomic mass is 10.3. The Morgan fingerprint density at radius 1 is 1.08 bits per heavy atom. The van der Waals surface area contributed by atoms with Gasteiger partial charge in [-0.15, -0.1) is 13.2 Å². The third kappa shape index (κ3) is 4.16. The second-order valence-electron chi connectivity index (χ2n) is 4.67. The van der Waals surface area contributed by atoms with Gasteiger partial charge in [-0.05, 0) is 43.3 Å². The molecule has 0 unspecified atom stereocenters. The van der Waals surface area contributed by atoms with Crippen LogP contribution in [0.2, 0.25) is 0 Å². The summed E-state index contributed by atoms with van der Waals surface area (Å²) < 4.78 is 79.9. The van der Waals surface area contributed by atoms with E-state index in [2.05, 4.69) is 4.74 Å². The van der Waals surface area contributed by atoms with Crippen molar-refractivity contribution in [3.05, 3.63) is 54.3 Å². The van der Waals surface area contributed by atoms with Crippen LogP contribution in [-0.2, 0) is 10.0 Å². The van der Waals surface area contributed by atoms with Crippen molar-refractivity contribution >= 4 is 15.7 Å². The molecular formula is C15H13F4NO3S. The zero-order valence-electron chi connectivity index (χ0n) is 12.4. The van der Waals surface area contributed by atoms with E-state index in [0.29, 0.717) is 0 Å². The highest BCUT2D eigenvalue weighted by molar-refractivity contribution is 7.92. The molecule has 2 aromatic rings. The average Bonchev–Trinajstić information content (AvgIpc) is 2.48. The Bertz CT molecular complexity index is 804. The van der Waals surface area contributed by atoms with Gasteiger partial charge in [0.2, 0.25) is 0 Å². The molecule has 0 saturated carbocycles. The van der Waals surface area contributed by atoms with Gasteiger partial charge in [0.1, 0.15) is 11.6 Å². The second kappa shape index (κ2) is 6.68. The molecule has 4 nitrogen and oxygen atoms in total. The first-order chi connectivity index (χ1) is 11.1. The fourth-order valence-corrected chi connectivity index (χ4v) is 3.57. The first-order valence-corrected chi connectivity index (χ1v) is 8.21. The minimum Gasteiger partial charge on any atom is -0.406 e. The van der Waals surface area contributed by atoms with E-state index >= 15 is 0 Å². The minimum absolute atomic E-state index is 0.0122. The zero-order valence-corrected chi connectivity index (χ0v) is 13.2. The normalized spacial score (nSPS) is 12.0. The Morgan fingerprint density at radius 3 is 2.25 bits per heavy atom. The summed E-state index contributed by atoms with van der Waals surface area (Å²) in [7, 11) is -4.13. The summed E-state index contributed by atoms with van der Waals surface area (Å²) in [5.74, 6) is -1.17. The van der Waals surface area contributed by atoms with E-state index in [0.717, 1.165) is 40.7 Å². The van der Waals surface area contributed by atoms with E-state index in [1.54, 1.807) is 6.92 Å². The number of hydrogen-bond donors (Lipinski definition) is 0. The first kappa shape index (κ1) is 18.1. The van der Waals surface area contributed by atoms with Crippen LogP contribution in [0.3, 0.4) is 0 Å². The monoisotopic (exact) mass is 363 g/mol. The van der Waals surface area contributed by atoms with Gasteiger partial charge in [0, 0.05) is 12.6 Å². The summed E-state index contributed by atoms with van der Waals surface area (Å²) in [5.41, 5.74) is 0.195. The summed E-state index contributed by atoms with van der Waals surface area (Å²) in [6.07, 6.45) is -4.93. The molecule has 9 heteroatoms. The molecule has 0 atom stereocenters. The smallest absolute Gasteiger partial charge is 0.406 e. The molecule has 0 N–H and O–H groups in total. The molecule has 0 amide bonds. The lowest BCUT2D eigenvalue weighted by Crippen LogP contribution is -2.30. The van der Waals surface area contributed by atoms with Crippen molar-refractivity contribution in [1.82, 2.24) is 0 Å². The summed E-state index contributed by atoms with van der Waals surface area (Å²) in [4.78, 5) is -0.365. The van der Waals surface area contributed by atoms with Gasteiger partial charge < -0.3 is 4.74 Å². The Balaban J connectivity index is 2.41. The lowest BCUT2D eigenvalue weighted by molar-refractivity contribution is -0.274. The van der Waals surface area contributed by atoms with Crippen LogP contribution in [0.4, 0.5) is 23.2 Å². The predicted molar refractivity (Wildman–Crippen MR) is 79.7 cm³/mol. The molecule has 0 aromatic heterocycles. The predicted octanol–water partition coefficient (Wildman–Crippen LogP) is 3.94. The molecule has 24 heavy (non-hydrogen) atoms. The van der Waals surface area contributed by atoms with Crippen molar-refractivity contribution in [2.75, 3.05) is 10.8 Å². The molecule has 0 aliphatic carbocycles. The van der Waals surface area contributed by atoms with Crippen LogP contribution in [0.1, 0.15) is 6.92 Å². The van der Waals surface area contributed by atoms with E-state index in [1.807, 2.05) is 0 Å². The van der Waals surface area contributed by atoms with Crippen LogP contribution in [0.15, 0.2) is 53.4 Å². The molecule has 0 bridgehead atoms. The van der Waals surface area contributed by atoms with Gasteiger partial charge in [-0.3, -0.25) is 4.31 Å². The van der Waals surface area contributed by atoms with Crippen molar-refractivity contribution in [1.29, 1.82) is 0 Å². The van der Waals surface area contributed by atoms with Crippen molar-refractivity contribution in [2.24, 2.45) is 0 Å². The van der Waals surface area contributed by atoms with Crippen molar-refractivity contribution in [2.45, 2.75) is 18.2 Å². The SMILES string of the molecule is CCN(c1ccc(F)cc1)S(=O)(=O)c1cccc(OC(F)(F)F)c1. The molecule has 0 aliphatic heterocycles. The third-order valence-electron chi connectivity index (χ3n) is 3.03. The Labute approximate surface area is 136 Å². The number of alkyl halides is 3. The lowest BCUT2D eigenvalue weighted by Gasteiger charge is -2.23. The Kier molecular flexibility index (Phi) is 5.02. The molecular weight excluding hydrogens is 350 g/mol. The summed E-state index contributed by atoms with van der Waals surface area (Å²) in [5, 5.41) is 0. The topological polar surface area (TPSA) is 46.6 Å². The number of benzene rings is 2. The number of halogens is 4. The van der Waals surface area contributed by atoms with Crippen molar-refractivity contribution < 1.29 is 30.7 Å². The van der Waals surface area contributed by atoms with E-state index in [9.17, 15) is 26.0 Å². The van der Waals surface area contributed by atoms with Gasteiger partial charge in [-0.25, -0.2) is 12.8 Å². The van der Waals surface area contributed by atoms with Crippen molar-refractivity contribution in [3.8, 4) is 5.75 Å². The van der Waals surface area contributed by atoms with E-state index in [4.69, 9.17) is 0 Å². The van der Waals surface area contributed by atoms with Crippen molar-refractivity contribution in [3.63, 3.8) is 0 Å². The number of hydrogen-bond acceptors (Lipinski definition) is 3. The molecule has 130 valence electrons. The van der Waals surface area contributed by atoms with Gasteiger partial charge >= 0.3 is 6.36 Å². The molecule has 0 aliphatic rings. The maximum absolute atomic E-state index is 13.0. The number of anilines is 1. The Morgan fingerprint density at radius 2 is 1.71 bits per heavy atom. The number of ether oxygens (including phenoxy) is 1. The van der Waals surface area contributed by atoms with Crippen LogP contribution in [0, 0.1) is 5.82 Å². The first-order valence-electron chi connectivity index (χ1n) is 6.77. The highest BCUT2D eigenvalue weighted by Crippen LogP contribution is 2.28.